The van der Waals surface area contributed by atoms with Gasteiger partial charge in [-0.1, -0.05) is 32.9 Å². The van der Waals surface area contributed by atoms with Crippen molar-refractivity contribution in [1.29, 1.82) is 0 Å². The average molecular weight is 231 g/mol. The third kappa shape index (κ3) is 3.16. The first-order valence-electron chi connectivity index (χ1n) is 6.31. The number of hydrogen-bond acceptors (Lipinski definition) is 2. The van der Waals surface area contributed by atoms with Crippen LogP contribution in [0.1, 0.15) is 55.1 Å². The third-order valence-corrected chi connectivity index (χ3v) is 3.26. The molecule has 2 heteroatoms. The summed E-state index contributed by atoms with van der Waals surface area (Å²) in [6, 6.07) is 6.11. The van der Waals surface area contributed by atoms with Gasteiger partial charge in [0.15, 0.2) is 5.78 Å². The van der Waals surface area contributed by atoms with Gasteiger partial charge >= 0.3 is 0 Å². The standard InChI is InChI=1S/C15H21NO/c1-15(2,3)7-6-14(17)11-4-5-12-9-16-10-13(12)8-11/h4-5,8,16H,6-7,9-10H2,1-3H3. The van der Waals surface area contributed by atoms with E-state index in [1.165, 1.54) is 11.1 Å². The topological polar surface area (TPSA) is 29.1 Å². The van der Waals surface area contributed by atoms with Crippen LogP contribution in [0.4, 0.5) is 0 Å². The van der Waals surface area contributed by atoms with E-state index in [1.807, 2.05) is 6.07 Å². The molecule has 0 radical (unpaired) electrons. The van der Waals surface area contributed by atoms with Crippen molar-refractivity contribution in [3.05, 3.63) is 34.9 Å². The Balaban J connectivity index is 2.05. The molecule has 17 heavy (non-hydrogen) atoms. The van der Waals surface area contributed by atoms with Crippen LogP contribution in [-0.4, -0.2) is 5.78 Å². The van der Waals surface area contributed by atoms with E-state index in [4.69, 9.17) is 0 Å². The van der Waals surface area contributed by atoms with Gasteiger partial charge < -0.3 is 5.32 Å². The van der Waals surface area contributed by atoms with E-state index in [0.717, 1.165) is 25.1 Å². The summed E-state index contributed by atoms with van der Waals surface area (Å²) in [6.45, 7) is 8.36. The van der Waals surface area contributed by atoms with Gasteiger partial charge in [0.25, 0.3) is 0 Å². The first kappa shape index (κ1) is 12.3. The maximum Gasteiger partial charge on any atom is 0.162 e. The largest absolute Gasteiger partial charge is 0.309 e. The highest BCUT2D eigenvalue weighted by atomic mass is 16.1. The predicted octanol–water partition coefficient (Wildman–Crippen LogP) is 3.30. The van der Waals surface area contributed by atoms with Crippen molar-refractivity contribution in [1.82, 2.24) is 5.32 Å². The number of carbonyl (C=O) groups excluding carboxylic acids is 1. The zero-order chi connectivity index (χ0) is 12.5. The number of rotatable bonds is 3. The molecule has 0 saturated carbocycles. The third-order valence-electron chi connectivity index (χ3n) is 3.26. The molecule has 0 aliphatic carbocycles. The van der Waals surface area contributed by atoms with Crippen molar-refractivity contribution in [2.24, 2.45) is 5.41 Å². The zero-order valence-corrected chi connectivity index (χ0v) is 11.0. The highest BCUT2D eigenvalue weighted by Crippen LogP contribution is 2.23. The van der Waals surface area contributed by atoms with Crippen molar-refractivity contribution in [3.8, 4) is 0 Å². The molecular formula is C15H21NO. The Labute approximate surface area is 103 Å². The molecule has 0 amide bonds. The predicted molar refractivity (Wildman–Crippen MR) is 70.0 cm³/mol. The van der Waals surface area contributed by atoms with Crippen molar-refractivity contribution in [3.63, 3.8) is 0 Å². The lowest BCUT2D eigenvalue weighted by molar-refractivity contribution is 0.0966. The van der Waals surface area contributed by atoms with Gasteiger partial charge in [0, 0.05) is 25.1 Å². The van der Waals surface area contributed by atoms with E-state index < -0.39 is 0 Å². The van der Waals surface area contributed by atoms with Gasteiger partial charge in [0.2, 0.25) is 0 Å². The van der Waals surface area contributed by atoms with Crippen LogP contribution in [0.25, 0.3) is 0 Å². The van der Waals surface area contributed by atoms with Gasteiger partial charge in [-0.25, -0.2) is 0 Å². The second-order valence-electron chi connectivity index (χ2n) is 6.07. The molecule has 0 bridgehead atoms. The fraction of sp³-hybridized carbons (Fsp3) is 0.533. The molecule has 92 valence electrons. The van der Waals surface area contributed by atoms with E-state index in [2.05, 4.69) is 38.2 Å². The second-order valence-corrected chi connectivity index (χ2v) is 6.07. The second kappa shape index (κ2) is 4.61. The molecule has 2 rings (SSSR count). The monoisotopic (exact) mass is 231 g/mol. The highest BCUT2D eigenvalue weighted by Gasteiger charge is 2.16. The fourth-order valence-corrected chi connectivity index (χ4v) is 2.10. The van der Waals surface area contributed by atoms with E-state index in [-0.39, 0.29) is 11.2 Å². The lowest BCUT2D eigenvalue weighted by Gasteiger charge is -2.17. The molecule has 1 aliphatic rings. The van der Waals surface area contributed by atoms with Crippen LogP contribution in [0, 0.1) is 5.41 Å². The van der Waals surface area contributed by atoms with E-state index in [0.29, 0.717) is 6.42 Å². The Bertz CT molecular complexity index is 429. The van der Waals surface area contributed by atoms with Crippen LogP contribution in [0.5, 0.6) is 0 Å². The molecule has 1 heterocycles. The Morgan fingerprint density at radius 1 is 1.24 bits per heavy atom. The van der Waals surface area contributed by atoms with Crippen molar-refractivity contribution >= 4 is 5.78 Å². The van der Waals surface area contributed by atoms with Gasteiger partial charge in [-0.2, -0.15) is 0 Å². The summed E-state index contributed by atoms with van der Waals surface area (Å²) in [5.41, 5.74) is 3.72. The molecule has 0 unspecified atom stereocenters. The van der Waals surface area contributed by atoms with Crippen LogP contribution in [0.15, 0.2) is 18.2 Å². The average Bonchev–Trinajstić information content (AvgIpc) is 2.71. The Morgan fingerprint density at radius 2 is 1.94 bits per heavy atom. The first-order valence-corrected chi connectivity index (χ1v) is 6.31. The smallest absolute Gasteiger partial charge is 0.162 e. The van der Waals surface area contributed by atoms with Crippen LogP contribution in [0.2, 0.25) is 0 Å². The Kier molecular flexibility index (Phi) is 3.34. The molecule has 0 fully saturated rings. The lowest BCUT2D eigenvalue weighted by atomic mass is 9.88. The molecule has 0 aromatic heterocycles. The summed E-state index contributed by atoms with van der Waals surface area (Å²) in [5.74, 6) is 0.273. The van der Waals surface area contributed by atoms with Gasteiger partial charge in [-0.15, -0.1) is 0 Å². The molecular weight excluding hydrogens is 210 g/mol. The molecule has 0 atom stereocenters. The number of hydrogen-bond donors (Lipinski definition) is 1. The molecule has 1 aliphatic heterocycles. The Morgan fingerprint density at radius 3 is 2.65 bits per heavy atom. The van der Waals surface area contributed by atoms with Crippen LogP contribution in [0.3, 0.4) is 0 Å². The molecule has 1 aromatic carbocycles. The summed E-state index contributed by atoms with van der Waals surface area (Å²) in [4.78, 5) is 12.1. The minimum absolute atomic E-state index is 0.230. The van der Waals surface area contributed by atoms with Gasteiger partial charge in [-0.3, -0.25) is 4.79 Å². The first-order chi connectivity index (χ1) is 7.96. The Hall–Kier alpha value is -1.15. The molecule has 2 nitrogen and oxygen atoms in total. The number of carbonyl (C=O) groups is 1. The number of ketones is 1. The fourth-order valence-electron chi connectivity index (χ4n) is 2.10. The normalized spacial score (nSPS) is 14.8. The summed E-state index contributed by atoms with van der Waals surface area (Å²) < 4.78 is 0. The lowest BCUT2D eigenvalue weighted by Crippen LogP contribution is -2.09. The van der Waals surface area contributed by atoms with E-state index in [1.54, 1.807) is 0 Å². The molecule has 0 spiro atoms. The van der Waals surface area contributed by atoms with E-state index in [9.17, 15) is 4.79 Å². The number of nitrogens with one attached hydrogen (secondary N) is 1. The van der Waals surface area contributed by atoms with Gasteiger partial charge in [0.1, 0.15) is 0 Å². The number of benzene rings is 1. The maximum atomic E-state index is 12.1. The summed E-state index contributed by atoms with van der Waals surface area (Å²) in [7, 11) is 0. The molecule has 1 N–H and O–H groups in total. The van der Waals surface area contributed by atoms with Crippen molar-refractivity contribution in [2.75, 3.05) is 0 Å². The van der Waals surface area contributed by atoms with Crippen LogP contribution < -0.4 is 5.32 Å². The van der Waals surface area contributed by atoms with Crippen molar-refractivity contribution in [2.45, 2.75) is 46.7 Å². The van der Waals surface area contributed by atoms with Crippen LogP contribution in [-0.2, 0) is 13.1 Å². The maximum absolute atomic E-state index is 12.1. The zero-order valence-electron chi connectivity index (χ0n) is 11.0. The minimum Gasteiger partial charge on any atom is -0.309 e. The quantitative estimate of drug-likeness (QED) is 0.809. The number of fused-ring (bicyclic) bond motifs is 1. The SMILES string of the molecule is CC(C)(C)CCC(=O)c1ccc2c(c1)CNC2. The summed E-state index contributed by atoms with van der Waals surface area (Å²) >= 11 is 0. The van der Waals surface area contributed by atoms with E-state index >= 15 is 0 Å². The number of Topliss-reactive ketones (excluding diaryl/α,β-unsaturated/α-hetero) is 1. The summed E-state index contributed by atoms with van der Waals surface area (Å²) in [6.07, 6.45) is 1.59. The molecule has 0 saturated heterocycles. The van der Waals surface area contributed by atoms with Gasteiger partial charge in [-0.05, 0) is 29.0 Å². The highest BCUT2D eigenvalue weighted by molar-refractivity contribution is 5.96. The molecule has 1 aromatic rings. The van der Waals surface area contributed by atoms with Crippen LogP contribution >= 0.6 is 0 Å². The van der Waals surface area contributed by atoms with Crippen molar-refractivity contribution < 1.29 is 4.79 Å². The van der Waals surface area contributed by atoms with Gasteiger partial charge in [0.05, 0.1) is 0 Å². The minimum atomic E-state index is 0.230. The summed E-state index contributed by atoms with van der Waals surface area (Å²) in [5, 5.41) is 3.30.